The van der Waals surface area contributed by atoms with Crippen LogP contribution in [0.4, 0.5) is 32.8 Å². The number of nitrogens with zero attached hydrogens (tertiary/aromatic N) is 2. The van der Waals surface area contributed by atoms with Crippen molar-refractivity contribution < 1.29 is 4.39 Å². The molecule has 5 aromatic rings. The summed E-state index contributed by atoms with van der Waals surface area (Å²) in [6.45, 7) is 6.69. The molecular formula is C35H31FN2. The molecule has 1 heterocycles. The highest BCUT2D eigenvalue weighted by molar-refractivity contribution is 5.82. The molecule has 6 rings (SSSR count). The Morgan fingerprint density at radius 2 is 1.18 bits per heavy atom. The van der Waals surface area contributed by atoms with Crippen molar-refractivity contribution in [3.8, 4) is 11.1 Å². The molecule has 5 aromatic carbocycles. The molecule has 2 atom stereocenters. The van der Waals surface area contributed by atoms with Gasteiger partial charge in [-0.05, 0) is 97.3 Å². The fourth-order valence-electron chi connectivity index (χ4n) is 5.52. The van der Waals surface area contributed by atoms with Gasteiger partial charge in [0, 0.05) is 40.4 Å². The summed E-state index contributed by atoms with van der Waals surface area (Å²) in [5.41, 5.74) is 10.4. The van der Waals surface area contributed by atoms with Crippen LogP contribution in [-0.2, 0) is 0 Å². The lowest BCUT2D eigenvalue weighted by atomic mass is 9.97. The average Bonchev–Trinajstić information content (AvgIpc) is 3.20. The molecule has 0 aliphatic carbocycles. The van der Waals surface area contributed by atoms with Gasteiger partial charge in [0.15, 0.2) is 0 Å². The fraction of sp³-hybridized carbons (Fsp3) is 0.143. The summed E-state index contributed by atoms with van der Waals surface area (Å²) in [7, 11) is 0. The van der Waals surface area contributed by atoms with Crippen LogP contribution in [0.2, 0.25) is 0 Å². The van der Waals surface area contributed by atoms with Crippen LogP contribution in [0.15, 0.2) is 121 Å². The molecule has 0 saturated carbocycles. The van der Waals surface area contributed by atoms with Gasteiger partial charge >= 0.3 is 0 Å². The van der Waals surface area contributed by atoms with Gasteiger partial charge in [-0.25, -0.2) is 4.39 Å². The van der Waals surface area contributed by atoms with E-state index in [1.54, 1.807) is 0 Å². The first-order valence-electron chi connectivity index (χ1n) is 13.2. The molecule has 38 heavy (non-hydrogen) atoms. The third-order valence-electron chi connectivity index (χ3n) is 7.78. The molecule has 3 heteroatoms. The smallest absolute Gasteiger partial charge is 0.123 e. The second-order valence-corrected chi connectivity index (χ2v) is 10.2. The number of aryl methyl sites for hydroxylation is 1. The van der Waals surface area contributed by atoms with Crippen LogP contribution in [0, 0.1) is 12.7 Å². The van der Waals surface area contributed by atoms with Crippen molar-refractivity contribution in [1.82, 2.24) is 0 Å². The number of halogens is 1. The highest BCUT2D eigenvalue weighted by Gasteiger charge is 2.34. The summed E-state index contributed by atoms with van der Waals surface area (Å²) in [6.07, 6.45) is 0. The minimum atomic E-state index is -0.238. The van der Waals surface area contributed by atoms with E-state index in [1.165, 1.54) is 45.8 Å². The highest BCUT2D eigenvalue weighted by Crippen LogP contribution is 2.47. The fourth-order valence-corrected chi connectivity index (χ4v) is 5.52. The molecular weight excluding hydrogens is 467 g/mol. The van der Waals surface area contributed by atoms with Gasteiger partial charge in [0.2, 0.25) is 0 Å². The molecule has 1 aliphatic heterocycles. The predicted molar refractivity (Wildman–Crippen MR) is 158 cm³/mol. The summed E-state index contributed by atoms with van der Waals surface area (Å²) in [5, 5.41) is 0. The van der Waals surface area contributed by atoms with E-state index >= 15 is 0 Å². The Labute approximate surface area is 224 Å². The van der Waals surface area contributed by atoms with Crippen LogP contribution < -0.4 is 9.80 Å². The van der Waals surface area contributed by atoms with Gasteiger partial charge in [0.05, 0.1) is 0 Å². The third-order valence-corrected chi connectivity index (χ3v) is 7.78. The van der Waals surface area contributed by atoms with Crippen LogP contribution in [0.5, 0.6) is 0 Å². The zero-order valence-electron chi connectivity index (χ0n) is 22.0. The Morgan fingerprint density at radius 1 is 0.632 bits per heavy atom. The summed E-state index contributed by atoms with van der Waals surface area (Å²) >= 11 is 0. The second-order valence-electron chi connectivity index (χ2n) is 10.2. The Morgan fingerprint density at radius 3 is 1.82 bits per heavy atom. The molecule has 0 aromatic heterocycles. The highest BCUT2D eigenvalue weighted by atomic mass is 19.1. The molecule has 2 unspecified atom stereocenters. The zero-order chi connectivity index (χ0) is 26.2. The number of fused-ring (bicyclic) bond motifs is 1. The van der Waals surface area contributed by atoms with Crippen molar-refractivity contribution in [2.75, 3.05) is 9.80 Å². The van der Waals surface area contributed by atoms with E-state index in [0.29, 0.717) is 12.0 Å². The predicted octanol–water partition coefficient (Wildman–Crippen LogP) is 9.91. The molecule has 0 amide bonds. The lowest BCUT2D eigenvalue weighted by Gasteiger charge is -2.27. The molecule has 188 valence electrons. The van der Waals surface area contributed by atoms with E-state index in [1.807, 2.05) is 12.1 Å². The van der Waals surface area contributed by atoms with Gasteiger partial charge in [-0.2, -0.15) is 0 Å². The van der Waals surface area contributed by atoms with E-state index in [-0.39, 0.29) is 5.82 Å². The maximum atomic E-state index is 13.9. The first-order valence-corrected chi connectivity index (χ1v) is 13.2. The molecule has 0 saturated heterocycles. The van der Waals surface area contributed by atoms with Gasteiger partial charge in [0.25, 0.3) is 0 Å². The van der Waals surface area contributed by atoms with Crippen LogP contribution in [-0.4, -0.2) is 6.04 Å². The first-order chi connectivity index (χ1) is 18.5. The zero-order valence-corrected chi connectivity index (χ0v) is 22.0. The topological polar surface area (TPSA) is 6.48 Å². The van der Waals surface area contributed by atoms with Crippen molar-refractivity contribution in [2.24, 2.45) is 0 Å². The molecule has 2 nitrogen and oxygen atoms in total. The van der Waals surface area contributed by atoms with Crippen molar-refractivity contribution in [1.29, 1.82) is 0 Å². The lowest BCUT2D eigenvalue weighted by molar-refractivity contribution is 0.628. The SMILES string of the molecule is Cc1ccc(-c2ccc(N(c3ccc(F)cc3)c3ccc4c(c3)C(C)C(C)N4c3ccccc3)cc2)cc1. The monoisotopic (exact) mass is 498 g/mol. The molecule has 0 bridgehead atoms. The first kappa shape index (κ1) is 24.0. The molecule has 0 N–H and O–H groups in total. The number of hydrogen-bond donors (Lipinski definition) is 0. The van der Waals surface area contributed by atoms with Crippen molar-refractivity contribution in [2.45, 2.75) is 32.7 Å². The standard InChI is InChI=1S/C35H31FN2/c1-24-9-11-27(12-10-24)28-13-17-31(18-14-28)38(32-19-15-29(36)16-20-32)33-21-22-35-34(23-33)25(2)26(3)37(35)30-7-5-4-6-8-30/h4-23,25-26H,1-3H3. The lowest BCUT2D eigenvalue weighted by Crippen LogP contribution is -2.25. The Kier molecular flexibility index (Phi) is 6.21. The van der Waals surface area contributed by atoms with Gasteiger partial charge in [-0.3, -0.25) is 0 Å². The van der Waals surface area contributed by atoms with E-state index < -0.39 is 0 Å². The summed E-state index contributed by atoms with van der Waals surface area (Å²) in [6, 6.07) is 41.6. The average molecular weight is 499 g/mol. The number of hydrogen-bond acceptors (Lipinski definition) is 2. The van der Waals surface area contributed by atoms with E-state index in [0.717, 1.165) is 17.1 Å². The number of para-hydroxylation sites is 1. The normalized spacial score (nSPS) is 16.4. The van der Waals surface area contributed by atoms with Crippen molar-refractivity contribution in [3.63, 3.8) is 0 Å². The maximum Gasteiger partial charge on any atom is 0.123 e. The van der Waals surface area contributed by atoms with Crippen LogP contribution in [0.3, 0.4) is 0 Å². The van der Waals surface area contributed by atoms with Crippen LogP contribution in [0.1, 0.15) is 30.9 Å². The summed E-state index contributed by atoms with van der Waals surface area (Å²) in [4.78, 5) is 4.64. The largest absolute Gasteiger partial charge is 0.338 e. The summed E-state index contributed by atoms with van der Waals surface area (Å²) < 4.78 is 13.9. The number of anilines is 5. The van der Waals surface area contributed by atoms with Crippen molar-refractivity contribution in [3.05, 3.63) is 138 Å². The third kappa shape index (κ3) is 4.35. The number of benzene rings is 5. The minimum Gasteiger partial charge on any atom is -0.338 e. The minimum absolute atomic E-state index is 0.238. The van der Waals surface area contributed by atoms with Gasteiger partial charge in [-0.15, -0.1) is 0 Å². The Bertz CT molecular complexity index is 1540. The second kappa shape index (κ2) is 9.83. The molecule has 0 radical (unpaired) electrons. The van der Waals surface area contributed by atoms with E-state index in [4.69, 9.17) is 0 Å². The summed E-state index contributed by atoms with van der Waals surface area (Å²) in [5.74, 6) is 0.127. The number of rotatable bonds is 5. The molecule has 1 aliphatic rings. The Balaban J connectivity index is 1.42. The Hall–Kier alpha value is -4.37. The van der Waals surface area contributed by atoms with Crippen LogP contribution >= 0.6 is 0 Å². The quantitative estimate of drug-likeness (QED) is 0.238. The van der Waals surface area contributed by atoms with E-state index in [9.17, 15) is 4.39 Å². The van der Waals surface area contributed by atoms with Gasteiger partial charge < -0.3 is 9.80 Å². The van der Waals surface area contributed by atoms with Crippen LogP contribution in [0.25, 0.3) is 11.1 Å². The maximum absolute atomic E-state index is 13.9. The van der Waals surface area contributed by atoms with Crippen molar-refractivity contribution >= 4 is 28.4 Å². The van der Waals surface area contributed by atoms with Gasteiger partial charge in [0.1, 0.15) is 5.82 Å². The molecule has 0 fully saturated rings. The van der Waals surface area contributed by atoms with E-state index in [2.05, 4.69) is 128 Å². The van der Waals surface area contributed by atoms with Gasteiger partial charge in [-0.1, -0.05) is 67.1 Å². The molecule has 0 spiro atoms.